The Labute approximate surface area is 147 Å². The van der Waals surface area contributed by atoms with Crippen LogP contribution in [0.2, 0.25) is 23.3 Å². The molecule has 0 saturated carbocycles. The van der Waals surface area contributed by atoms with Crippen LogP contribution in [0, 0.1) is 0 Å². The van der Waals surface area contributed by atoms with E-state index in [0.29, 0.717) is 0 Å². The van der Waals surface area contributed by atoms with Gasteiger partial charge in [0.15, 0.2) is 0 Å². The summed E-state index contributed by atoms with van der Waals surface area (Å²) in [5.41, 5.74) is 0. The van der Waals surface area contributed by atoms with E-state index in [-0.39, 0.29) is 0 Å². The van der Waals surface area contributed by atoms with Gasteiger partial charge in [0.1, 0.15) is 0 Å². The van der Waals surface area contributed by atoms with Crippen LogP contribution in [0.4, 0.5) is 0 Å². The van der Waals surface area contributed by atoms with Crippen molar-refractivity contribution < 1.29 is 0 Å². The molecule has 0 aliphatic carbocycles. The fourth-order valence-corrected chi connectivity index (χ4v) is 9.63. The van der Waals surface area contributed by atoms with Gasteiger partial charge >= 0.3 is 0 Å². The lowest BCUT2D eigenvalue weighted by Gasteiger charge is -2.41. The van der Waals surface area contributed by atoms with Crippen LogP contribution >= 0.6 is 23.2 Å². The molecule has 4 aliphatic rings. The minimum absolute atomic E-state index is 1.05. The molecule has 4 aliphatic heterocycles. The predicted octanol–water partition coefficient (Wildman–Crippen LogP) is 6.65. The lowest BCUT2D eigenvalue weighted by molar-refractivity contribution is 0.451. The monoisotopic (exact) mass is 334 g/mol. The van der Waals surface area contributed by atoms with E-state index in [0.717, 1.165) is 35.3 Å². The van der Waals surface area contributed by atoms with Crippen molar-refractivity contribution in [3.8, 4) is 0 Å². The number of rotatable bonds is 5. The summed E-state index contributed by atoms with van der Waals surface area (Å²) >= 11 is 4.77. The molecule has 22 heavy (non-hydrogen) atoms. The zero-order valence-electron chi connectivity index (χ0n) is 14.2. The molecule has 4 rings (SSSR count). The Kier molecular flexibility index (Phi) is 5.79. The molecule has 0 atom stereocenters. The minimum Gasteiger partial charge on any atom is -0.209 e. The van der Waals surface area contributed by atoms with Crippen molar-refractivity contribution in [2.24, 2.45) is 0 Å². The van der Waals surface area contributed by atoms with E-state index in [1.165, 1.54) is 37.2 Å². The third-order valence-corrected chi connectivity index (χ3v) is 10.6. The van der Waals surface area contributed by atoms with Crippen LogP contribution in [0.15, 0.2) is 0 Å². The van der Waals surface area contributed by atoms with Crippen LogP contribution in [-0.2, 0) is 0 Å². The van der Waals surface area contributed by atoms with Gasteiger partial charge in [0.05, 0.1) is 0 Å². The van der Waals surface area contributed by atoms with Crippen molar-refractivity contribution in [1.82, 2.24) is 0 Å². The fourth-order valence-electron chi connectivity index (χ4n) is 6.14. The Balaban J connectivity index is 1.22. The van der Waals surface area contributed by atoms with Gasteiger partial charge in [-0.25, -0.2) is 23.2 Å². The lowest BCUT2D eigenvalue weighted by Crippen LogP contribution is -2.33. The van der Waals surface area contributed by atoms with Crippen LogP contribution in [0.5, 0.6) is 0 Å². The summed E-state index contributed by atoms with van der Waals surface area (Å²) in [5.74, 6) is 9.36. The highest BCUT2D eigenvalue weighted by molar-refractivity contribution is 8.28. The van der Waals surface area contributed by atoms with Crippen LogP contribution in [0.25, 0.3) is 0 Å². The number of fused-ring (bicyclic) bond motifs is 4. The molecule has 0 nitrogen and oxygen atoms in total. The van der Waals surface area contributed by atoms with Crippen LogP contribution in [0.1, 0.15) is 77.0 Å². The molecule has 4 heteroatoms. The first kappa shape index (κ1) is 16.3. The van der Waals surface area contributed by atoms with E-state index in [2.05, 4.69) is 23.2 Å². The predicted molar refractivity (Wildman–Crippen MR) is 107 cm³/mol. The summed E-state index contributed by atoms with van der Waals surface area (Å²) in [5, 5.41) is 0. The average Bonchev–Trinajstić information content (AvgIpc) is 2.51. The van der Waals surface area contributed by atoms with Crippen LogP contribution < -0.4 is 0 Å². The van der Waals surface area contributed by atoms with Crippen LogP contribution in [0.3, 0.4) is 0 Å². The molecule has 0 radical (unpaired) electrons. The second kappa shape index (κ2) is 7.81. The van der Waals surface area contributed by atoms with Gasteiger partial charge in [-0.05, 0) is 11.5 Å². The molecule has 0 aromatic carbocycles. The lowest BCUT2D eigenvalue weighted by atomic mass is 9.42. The maximum atomic E-state index is 2.39. The van der Waals surface area contributed by atoms with Gasteiger partial charge in [-0.1, -0.05) is 100 Å². The first-order valence-corrected chi connectivity index (χ1v) is 12.2. The Morgan fingerprint density at radius 3 is 1.05 bits per heavy atom. The Bertz CT molecular complexity index is 287. The molecule has 4 fully saturated rings. The largest absolute Gasteiger partial charge is 0.215 e. The third-order valence-electron chi connectivity index (χ3n) is 7.16. The fraction of sp³-hybridized carbons (Fsp3) is 1.00. The van der Waals surface area contributed by atoms with Gasteiger partial charge < -0.3 is 0 Å². The molecule has 0 N–H and O–H groups in total. The molecule has 122 valence electrons. The Hall–Kier alpha value is 0.830. The highest BCUT2D eigenvalue weighted by Gasteiger charge is 2.41. The van der Waals surface area contributed by atoms with Crippen molar-refractivity contribution in [2.75, 3.05) is 11.5 Å². The second-order valence-corrected chi connectivity index (χ2v) is 11.0. The standard InChI is InChI=1S/C18H32B2S2/c1-5-15-7-2-8-16(6-1)19(15)21-13-14-22-20-17-9-3-10-18(20)12-4-11-17/h15-18H,1-14H2. The van der Waals surface area contributed by atoms with Gasteiger partial charge in [-0.3, -0.25) is 0 Å². The maximum absolute atomic E-state index is 2.39. The molecule has 4 bridgehead atoms. The zero-order valence-corrected chi connectivity index (χ0v) is 15.8. The molecule has 4 heterocycles. The third kappa shape index (κ3) is 3.58. The number of hydrogen-bond donors (Lipinski definition) is 0. The molecule has 0 amide bonds. The summed E-state index contributed by atoms with van der Waals surface area (Å²) in [6.07, 6.45) is 18.5. The highest BCUT2D eigenvalue weighted by Crippen LogP contribution is 2.52. The smallest absolute Gasteiger partial charge is 0.209 e. The van der Waals surface area contributed by atoms with Crippen molar-refractivity contribution in [1.29, 1.82) is 0 Å². The summed E-state index contributed by atoms with van der Waals surface area (Å²) in [7, 11) is 0. The summed E-state index contributed by atoms with van der Waals surface area (Å²) in [6, 6.07) is 0. The molecule has 0 spiro atoms. The topological polar surface area (TPSA) is 0 Å². The molecule has 0 aromatic heterocycles. The van der Waals surface area contributed by atoms with Crippen molar-refractivity contribution in [2.45, 2.75) is 100 Å². The van der Waals surface area contributed by atoms with Crippen molar-refractivity contribution in [3.63, 3.8) is 0 Å². The highest BCUT2D eigenvalue weighted by atomic mass is 32.2. The molecule has 0 aromatic rings. The Morgan fingerprint density at radius 2 is 0.773 bits per heavy atom. The van der Waals surface area contributed by atoms with Crippen LogP contribution in [-0.4, -0.2) is 23.5 Å². The normalized spacial score (nSPS) is 38.2. The van der Waals surface area contributed by atoms with Crippen molar-refractivity contribution in [3.05, 3.63) is 0 Å². The van der Waals surface area contributed by atoms with E-state index in [1.54, 1.807) is 51.4 Å². The summed E-state index contributed by atoms with van der Waals surface area (Å²) in [4.78, 5) is 0. The number of hydrogen-bond acceptors (Lipinski definition) is 2. The first-order valence-electron chi connectivity index (χ1n) is 10.1. The Morgan fingerprint density at radius 1 is 0.500 bits per heavy atom. The molecule has 4 saturated heterocycles. The molecule has 0 unspecified atom stereocenters. The van der Waals surface area contributed by atoms with Gasteiger partial charge in [-0.15, -0.1) is 0 Å². The van der Waals surface area contributed by atoms with Gasteiger partial charge in [0.25, 0.3) is 0 Å². The first-order chi connectivity index (χ1) is 10.9. The van der Waals surface area contributed by atoms with E-state index in [9.17, 15) is 0 Å². The maximum Gasteiger partial charge on any atom is 0.215 e. The second-order valence-electron chi connectivity index (χ2n) is 8.43. The quantitative estimate of drug-likeness (QED) is 0.408. The van der Waals surface area contributed by atoms with E-state index >= 15 is 0 Å². The van der Waals surface area contributed by atoms with Gasteiger partial charge in [0, 0.05) is 0 Å². The summed E-state index contributed by atoms with van der Waals surface area (Å²) < 4.78 is 0. The van der Waals surface area contributed by atoms with Gasteiger partial charge in [0.2, 0.25) is 12.0 Å². The summed E-state index contributed by atoms with van der Waals surface area (Å²) in [6.45, 7) is 0. The zero-order chi connectivity index (χ0) is 14.8. The minimum atomic E-state index is 1.05. The van der Waals surface area contributed by atoms with E-state index in [4.69, 9.17) is 0 Å². The SMILES string of the molecule is C1CC2CCCC(C1)B2SCCSB1C2CCCC1CCC2. The molecular formula is C18H32B2S2. The van der Waals surface area contributed by atoms with Crippen molar-refractivity contribution >= 4 is 35.2 Å². The van der Waals surface area contributed by atoms with E-state index in [1.807, 2.05) is 0 Å². The molecular weight excluding hydrogens is 302 g/mol. The van der Waals surface area contributed by atoms with E-state index < -0.39 is 0 Å². The van der Waals surface area contributed by atoms with Gasteiger partial charge in [-0.2, -0.15) is 0 Å². The average molecular weight is 334 g/mol.